The van der Waals surface area contributed by atoms with Crippen molar-refractivity contribution in [2.45, 2.75) is 12.5 Å². The van der Waals surface area contributed by atoms with Crippen LogP contribution in [0.5, 0.6) is 11.5 Å². The highest BCUT2D eigenvalue weighted by Crippen LogP contribution is 2.18. The minimum atomic E-state index is 0.00279. The quantitative estimate of drug-likeness (QED) is 0.852. The number of para-hydroxylation sites is 2. The molecular formula is C18H19NO3. The van der Waals surface area contributed by atoms with Gasteiger partial charge in [-0.25, -0.2) is 0 Å². The van der Waals surface area contributed by atoms with Crippen molar-refractivity contribution in [3.63, 3.8) is 0 Å². The summed E-state index contributed by atoms with van der Waals surface area (Å²) in [6.45, 7) is 1.41. The van der Waals surface area contributed by atoms with Crippen LogP contribution >= 0.6 is 0 Å². The van der Waals surface area contributed by atoms with Gasteiger partial charge >= 0.3 is 0 Å². The zero-order chi connectivity index (χ0) is 15.2. The predicted octanol–water partition coefficient (Wildman–Crippen LogP) is 2.75. The smallest absolute Gasteiger partial charge is 0.260 e. The highest BCUT2D eigenvalue weighted by atomic mass is 16.5. The van der Waals surface area contributed by atoms with E-state index in [1.165, 1.54) is 0 Å². The van der Waals surface area contributed by atoms with E-state index in [-0.39, 0.29) is 18.6 Å². The molecule has 114 valence electrons. The Kier molecular flexibility index (Phi) is 4.59. The first kappa shape index (κ1) is 14.4. The maximum atomic E-state index is 12.2. The Balaban J connectivity index is 1.46. The summed E-state index contributed by atoms with van der Waals surface area (Å²) in [6.07, 6.45) is 0.912. The molecule has 22 heavy (non-hydrogen) atoms. The Labute approximate surface area is 130 Å². The average Bonchev–Trinajstić information content (AvgIpc) is 3.03. The van der Waals surface area contributed by atoms with Crippen LogP contribution in [0.1, 0.15) is 6.42 Å². The van der Waals surface area contributed by atoms with Crippen LogP contribution in [0.4, 0.5) is 0 Å². The molecule has 1 aliphatic heterocycles. The number of nitrogens with zero attached hydrogens (tertiary/aromatic N) is 1. The third-order valence-electron chi connectivity index (χ3n) is 3.65. The van der Waals surface area contributed by atoms with E-state index in [9.17, 15) is 4.79 Å². The molecule has 0 saturated carbocycles. The second-order valence-electron chi connectivity index (χ2n) is 5.28. The van der Waals surface area contributed by atoms with E-state index in [1.807, 2.05) is 60.7 Å². The number of ether oxygens (including phenoxy) is 2. The van der Waals surface area contributed by atoms with Crippen molar-refractivity contribution in [3.05, 3.63) is 60.7 Å². The maximum absolute atomic E-state index is 12.2. The first-order chi connectivity index (χ1) is 10.8. The van der Waals surface area contributed by atoms with E-state index in [2.05, 4.69) is 0 Å². The van der Waals surface area contributed by atoms with Gasteiger partial charge in [-0.2, -0.15) is 0 Å². The summed E-state index contributed by atoms with van der Waals surface area (Å²) in [4.78, 5) is 14.0. The van der Waals surface area contributed by atoms with Crippen molar-refractivity contribution >= 4 is 5.91 Å². The average molecular weight is 297 g/mol. The normalized spacial score (nSPS) is 17.3. The SMILES string of the molecule is O=C(COc1ccccc1)N1CCC(Oc2ccccc2)C1. The van der Waals surface area contributed by atoms with E-state index in [0.29, 0.717) is 18.8 Å². The number of carbonyl (C=O) groups excluding carboxylic acids is 1. The largest absolute Gasteiger partial charge is 0.489 e. The Bertz CT molecular complexity index is 600. The van der Waals surface area contributed by atoms with Crippen molar-refractivity contribution in [2.75, 3.05) is 19.7 Å². The molecule has 0 aromatic heterocycles. The Hall–Kier alpha value is -2.49. The van der Waals surface area contributed by atoms with Crippen molar-refractivity contribution in [1.29, 1.82) is 0 Å². The van der Waals surface area contributed by atoms with Crippen molar-refractivity contribution in [1.82, 2.24) is 4.90 Å². The van der Waals surface area contributed by atoms with Gasteiger partial charge in [-0.15, -0.1) is 0 Å². The van der Waals surface area contributed by atoms with Gasteiger partial charge in [0.1, 0.15) is 17.6 Å². The molecule has 4 heteroatoms. The monoisotopic (exact) mass is 297 g/mol. The van der Waals surface area contributed by atoms with Crippen LogP contribution in [0.3, 0.4) is 0 Å². The predicted molar refractivity (Wildman–Crippen MR) is 84.0 cm³/mol. The van der Waals surface area contributed by atoms with E-state index >= 15 is 0 Å². The third-order valence-corrected chi connectivity index (χ3v) is 3.65. The lowest BCUT2D eigenvalue weighted by Gasteiger charge is -2.17. The molecule has 0 N–H and O–H groups in total. The summed E-state index contributed by atoms with van der Waals surface area (Å²) in [5.74, 6) is 1.57. The van der Waals surface area contributed by atoms with Crippen molar-refractivity contribution in [3.8, 4) is 11.5 Å². The zero-order valence-electron chi connectivity index (χ0n) is 12.4. The first-order valence-electron chi connectivity index (χ1n) is 7.48. The van der Waals surface area contributed by atoms with Gasteiger partial charge < -0.3 is 14.4 Å². The molecule has 2 aromatic carbocycles. The van der Waals surface area contributed by atoms with Gasteiger partial charge in [0, 0.05) is 13.0 Å². The fourth-order valence-corrected chi connectivity index (χ4v) is 2.50. The van der Waals surface area contributed by atoms with Gasteiger partial charge in [0.2, 0.25) is 0 Å². The number of hydrogen-bond acceptors (Lipinski definition) is 3. The van der Waals surface area contributed by atoms with E-state index < -0.39 is 0 Å². The Morgan fingerprint density at radius 1 is 1.00 bits per heavy atom. The second-order valence-corrected chi connectivity index (χ2v) is 5.28. The van der Waals surface area contributed by atoms with Crippen molar-refractivity contribution in [2.24, 2.45) is 0 Å². The third kappa shape index (κ3) is 3.79. The number of amides is 1. The molecular weight excluding hydrogens is 278 g/mol. The van der Waals surface area contributed by atoms with Gasteiger partial charge in [-0.05, 0) is 24.3 Å². The van der Waals surface area contributed by atoms with Crippen LogP contribution in [-0.2, 0) is 4.79 Å². The summed E-state index contributed by atoms with van der Waals surface area (Å²) >= 11 is 0. The first-order valence-corrected chi connectivity index (χ1v) is 7.48. The molecule has 1 fully saturated rings. The number of hydrogen-bond donors (Lipinski definition) is 0. The number of carbonyl (C=O) groups is 1. The van der Waals surface area contributed by atoms with Gasteiger partial charge in [0.25, 0.3) is 5.91 Å². The van der Waals surface area contributed by atoms with Crippen LogP contribution in [0.2, 0.25) is 0 Å². The number of rotatable bonds is 5. The second kappa shape index (κ2) is 6.98. The van der Waals surface area contributed by atoms with Crippen molar-refractivity contribution < 1.29 is 14.3 Å². The summed E-state index contributed by atoms with van der Waals surface area (Å²) in [5.41, 5.74) is 0. The lowest BCUT2D eigenvalue weighted by molar-refractivity contribution is -0.132. The van der Waals surface area contributed by atoms with Gasteiger partial charge in [0.15, 0.2) is 6.61 Å². The number of benzene rings is 2. The summed E-state index contributed by atoms with van der Waals surface area (Å²) in [6, 6.07) is 19.1. The lowest BCUT2D eigenvalue weighted by atomic mass is 10.3. The topological polar surface area (TPSA) is 38.8 Å². The lowest BCUT2D eigenvalue weighted by Crippen LogP contribution is -2.34. The highest BCUT2D eigenvalue weighted by Gasteiger charge is 2.27. The molecule has 4 nitrogen and oxygen atoms in total. The van der Waals surface area contributed by atoms with E-state index in [4.69, 9.17) is 9.47 Å². The molecule has 0 radical (unpaired) electrons. The number of likely N-dealkylation sites (tertiary alicyclic amines) is 1. The molecule has 1 saturated heterocycles. The molecule has 1 unspecified atom stereocenters. The molecule has 3 rings (SSSR count). The molecule has 0 aliphatic carbocycles. The van der Waals surface area contributed by atoms with Crippen LogP contribution in [-0.4, -0.2) is 36.6 Å². The Morgan fingerprint density at radius 3 is 2.32 bits per heavy atom. The minimum absolute atomic E-state index is 0.00279. The Morgan fingerprint density at radius 2 is 1.64 bits per heavy atom. The fraction of sp³-hybridized carbons (Fsp3) is 0.278. The van der Waals surface area contributed by atoms with Crippen LogP contribution in [0.25, 0.3) is 0 Å². The maximum Gasteiger partial charge on any atom is 0.260 e. The summed E-state index contributed by atoms with van der Waals surface area (Å²) in [7, 11) is 0. The molecule has 1 aliphatic rings. The van der Waals surface area contributed by atoms with Gasteiger partial charge in [-0.3, -0.25) is 4.79 Å². The highest BCUT2D eigenvalue weighted by molar-refractivity contribution is 5.78. The molecule has 2 aromatic rings. The molecule has 0 bridgehead atoms. The standard InChI is InChI=1S/C18H19NO3/c20-18(14-21-15-7-3-1-4-8-15)19-12-11-17(13-19)22-16-9-5-2-6-10-16/h1-10,17H,11-14H2. The van der Waals surface area contributed by atoms with Crippen LogP contribution in [0.15, 0.2) is 60.7 Å². The fourth-order valence-electron chi connectivity index (χ4n) is 2.50. The molecule has 1 amide bonds. The zero-order valence-corrected chi connectivity index (χ0v) is 12.4. The van der Waals surface area contributed by atoms with Crippen LogP contribution in [0, 0.1) is 0 Å². The van der Waals surface area contributed by atoms with Crippen LogP contribution < -0.4 is 9.47 Å². The minimum Gasteiger partial charge on any atom is -0.489 e. The van der Waals surface area contributed by atoms with E-state index in [1.54, 1.807) is 4.90 Å². The van der Waals surface area contributed by atoms with E-state index in [0.717, 1.165) is 12.2 Å². The molecule has 1 atom stereocenters. The van der Waals surface area contributed by atoms with Gasteiger partial charge in [-0.1, -0.05) is 36.4 Å². The molecule has 0 spiro atoms. The van der Waals surface area contributed by atoms with Gasteiger partial charge in [0.05, 0.1) is 6.54 Å². The summed E-state index contributed by atoms with van der Waals surface area (Å²) in [5, 5.41) is 0. The summed E-state index contributed by atoms with van der Waals surface area (Å²) < 4.78 is 11.4. The molecule has 1 heterocycles.